The second kappa shape index (κ2) is 5.47. The fraction of sp³-hybridized carbons (Fsp3) is 0.100. The lowest BCUT2D eigenvalue weighted by molar-refractivity contribution is 0.560. The van der Waals surface area contributed by atoms with Crippen LogP contribution in [0.4, 0.5) is 4.39 Å². The number of thiocarbonyl (C=S) groups is 1. The van der Waals surface area contributed by atoms with Crippen LogP contribution in [0.15, 0.2) is 42.2 Å². The number of hydrogen-bond donors (Lipinski definition) is 1. The quantitative estimate of drug-likeness (QED) is 0.615. The summed E-state index contributed by atoms with van der Waals surface area (Å²) in [6.07, 6.45) is 0.366. The van der Waals surface area contributed by atoms with Gasteiger partial charge in [-0.05, 0) is 24.4 Å². The summed E-state index contributed by atoms with van der Waals surface area (Å²) >= 11 is 4.85. The Morgan fingerprint density at radius 1 is 1.43 bits per heavy atom. The van der Waals surface area contributed by atoms with E-state index in [9.17, 15) is 4.39 Å². The summed E-state index contributed by atoms with van der Waals surface area (Å²) in [6, 6.07) is 8.93. The molecule has 0 saturated carbocycles. The lowest BCUT2D eigenvalue weighted by Crippen LogP contribution is -2.16. The van der Waals surface area contributed by atoms with Crippen molar-refractivity contribution >= 4 is 17.3 Å². The molecule has 0 radical (unpaired) electrons. The van der Waals surface area contributed by atoms with Crippen molar-refractivity contribution in [2.45, 2.75) is 0 Å². The predicted molar refractivity (Wildman–Crippen MR) is 57.9 cm³/mol. The Morgan fingerprint density at radius 3 is 2.57 bits per heavy atom. The summed E-state index contributed by atoms with van der Waals surface area (Å²) in [7, 11) is 0. The largest absolute Gasteiger partial charge is 0.445 e. The molecule has 0 aliphatic rings. The van der Waals surface area contributed by atoms with Gasteiger partial charge in [0.05, 0.1) is 6.33 Å². The van der Waals surface area contributed by atoms with Crippen LogP contribution >= 0.6 is 12.2 Å². The van der Waals surface area contributed by atoms with E-state index < -0.39 is 0 Å². The molecule has 0 heterocycles. The van der Waals surface area contributed by atoms with E-state index in [4.69, 9.17) is 22.7 Å². The fourth-order valence-electron chi connectivity index (χ4n) is 0.834. The second-order valence-corrected chi connectivity index (χ2v) is 2.91. The van der Waals surface area contributed by atoms with Gasteiger partial charge in [0.15, 0.2) is 5.05 Å². The van der Waals surface area contributed by atoms with Crippen molar-refractivity contribution in [1.82, 2.24) is 0 Å². The van der Waals surface area contributed by atoms with Gasteiger partial charge in [-0.2, -0.15) is 0 Å². The van der Waals surface area contributed by atoms with Crippen LogP contribution in [0, 0.1) is 0 Å². The number of halogens is 1. The number of ether oxygens (including phenoxy) is 1. The van der Waals surface area contributed by atoms with Gasteiger partial charge in [0.1, 0.15) is 5.75 Å². The number of nitrogens with two attached hydrogens (primary N) is 1. The van der Waals surface area contributed by atoms with Gasteiger partial charge in [-0.3, -0.25) is 0 Å². The molecule has 0 saturated heterocycles. The molecule has 0 aromatic heterocycles. The van der Waals surface area contributed by atoms with E-state index >= 15 is 0 Å². The second-order valence-electron chi connectivity index (χ2n) is 2.54. The van der Waals surface area contributed by atoms with E-state index in [2.05, 4.69) is 0 Å². The highest BCUT2D eigenvalue weighted by Crippen LogP contribution is 2.11. The minimum atomic E-state index is 0.0299. The highest BCUT2D eigenvalue weighted by Gasteiger charge is 2.05. The Kier molecular flexibility index (Phi) is 4.22. The Balaban J connectivity index is 2.66. The van der Waals surface area contributed by atoms with Gasteiger partial charge in [-0.25, -0.2) is 4.39 Å². The number of hydrogen-bond acceptors (Lipinski definition) is 3. The molecule has 0 aliphatic heterocycles. The maximum Gasteiger partial charge on any atom is 0.197 e. The topological polar surface area (TPSA) is 35.2 Å². The molecule has 0 atom stereocenters. The first-order chi connectivity index (χ1) is 6.77. The van der Waals surface area contributed by atoms with Crippen molar-refractivity contribution in [3.05, 3.63) is 42.2 Å². The molecule has 1 aromatic rings. The summed E-state index contributed by atoms with van der Waals surface area (Å²) in [4.78, 5) is 0. The molecular formula is C10H10FNOS. The highest BCUT2D eigenvalue weighted by atomic mass is 32.1. The molecule has 0 bridgehead atoms. The van der Waals surface area contributed by atoms with Crippen molar-refractivity contribution < 1.29 is 9.13 Å². The van der Waals surface area contributed by atoms with Gasteiger partial charge < -0.3 is 10.5 Å². The maximum atomic E-state index is 12.2. The predicted octanol–water partition coefficient (Wildman–Crippen LogP) is 2.20. The van der Waals surface area contributed by atoms with E-state index in [1.54, 1.807) is 24.3 Å². The van der Waals surface area contributed by atoms with E-state index in [-0.39, 0.29) is 17.2 Å². The molecule has 2 nitrogen and oxygen atoms in total. The Morgan fingerprint density at radius 2 is 2.07 bits per heavy atom. The zero-order valence-electron chi connectivity index (χ0n) is 7.44. The van der Waals surface area contributed by atoms with Crippen molar-refractivity contribution in [3.8, 4) is 5.75 Å². The molecule has 0 fully saturated rings. The van der Waals surface area contributed by atoms with Crippen LogP contribution in [0.1, 0.15) is 0 Å². The summed E-state index contributed by atoms with van der Waals surface area (Å²) in [5, 5.41) is 0.0706. The Hall–Kier alpha value is -1.26. The number of para-hydroxylation sites is 1. The smallest absolute Gasteiger partial charge is 0.197 e. The van der Waals surface area contributed by atoms with Crippen LogP contribution < -0.4 is 10.5 Å². The molecule has 14 heavy (non-hydrogen) atoms. The minimum absolute atomic E-state index is 0.0299. The Labute approximate surface area is 87.2 Å². The molecule has 1 rings (SSSR count). The normalized spacial score (nSPS) is 11.1. The third-order valence-electron chi connectivity index (χ3n) is 1.57. The molecule has 4 heteroatoms. The minimum Gasteiger partial charge on any atom is -0.445 e. The van der Waals surface area contributed by atoms with Crippen molar-refractivity contribution in [1.29, 1.82) is 0 Å². The molecule has 74 valence electrons. The maximum absolute atomic E-state index is 12.2. The van der Waals surface area contributed by atoms with E-state index in [0.29, 0.717) is 12.1 Å². The fourth-order valence-corrected chi connectivity index (χ4v) is 1.06. The molecule has 0 unspecified atom stereocenters. The molecule has 2 N–H and O–H groups in total. The van der Waals surface area contributed by atoms with Crippen molar-refractivity contribution in [2.24, 2.45) is 5.73 Å². The van der Waals surface area contributed by atoms with Crippen molar-refractivity contribution in [2.75, 3.05) is 6.54 Å². The first kappa shape index (κ1) is 10.8. The SMILES string of the molecule is NCC(=CF)C(=S)Oc1ccccc1. The monoisotopic (exact) mass is 211 g/mol. The van der Waals surface area contributed by atoms with Gasteiger partial charge >= 0.3 is 0 Å². The highest BCUT2D eigenvalue weighted by molar-refractivity contribution is 7.80. The van der Waals surface area contributed by atoms with E-state index in [1.165, 1.54) is 0 Å². The van der Waals surface area contributed by atoms with Crippen LogP contribution in [0.3, 0.4) is 0 Å². The van der Waals surface area contributed by atoms with Gasteiger partial charge in [-0.1, -0.05) is 18.2 Å². The summed E-state index contributed by atoms with van der Waals surface area (Å²) in [5.41, 5.74) is 5.45. The van der Waals surface area contributed by atoms with Crippen LogP contribution in [-0.2, 0) is 0 Å². The lowest BCUT2D eigenvalue weighted by atomic mass is 10.3. The van der Waals surface area contributed by atoms with Gasteiger partial charge in [-0.15, -0.1) is 0 Å². The summed E-state index contributed by atoms with van der Waals surface area (Å²) in [6.45, 7) is 0.0299. The summed E-state index contributed by atoms with van der Waals surface area (Å²) in [5.74, 6) is 0.574. The molecule has 1 aromatic carbocycles. The number of rotatable bonds is 3. The standard InChI is InChI=1S/C10H10FNOS/c11-6-8(7-12)10(14)13-9-4-2-1-3-5-9/h1-6H,7,12H2. The van der Waals surface area contributed by atoms with E-state index in [0.717, 1.165) is 0 Å². The van der Waals surface area contributed by atoms with Crippen LogP contribution in [0.2, 0.25) is 0 Å². The lowest BCUT2D eigenvalue weighted by Gasteiger charge is -2.07. The molecular weight excluding hydrogens is 201 g/mol. The average molecular weight is 211 g/mol. The average Bonchev–Trinajstić information content (AvgIpc) is 2.21. The van der Waals surface area contributed by atoms with Crippen LogP contribution in [0.25, 0.3) is 0 Å². The third kappa shape index (κ3) is 2.90. The third-order valence-corrected chi connectivity index (χ3v) is 1.91. The van der Waals surface area contributed by atoms with E-state index in [1.807, 2.05) is 6.07 Å². The van der Waals surface area contributed by atoms with Crippen molar-refractivity contribution in [3.63, 3.8) is 0 Å². The first-order valence-electron chi connectivity index (χ1n) is 4.04. The molecule has 0 amide bonds. The van der Waals surface area contributed by atoms with Gasteiger partial charge in [0.25, 0.3) is 0 Å². The van der Waals surface area contributed by atoms with Crippen LogP contribution in [0.5, 0.6) is 5.75 Å². The molecule has 0 aliphatic carbocycles. The first-order valence-corrected chi connectivity index (χ1v) is 4.45. The number of benzene rings is 1. The zero-order valence-corrected chi connectivity index (χ0v) is 8.26. The Bertz CT molecular complexity index is 337. The summed E-state index contributed by atoms with van der Waals surface area (Å²) < 4.78 is 17.4. The molecule has 0 spiro atoms. The van der Waals surface area contributed by atoms with Crippen LogP contribution in [-0.4, -0.2) is 11.6 Å². The zero-order chi connectivity index (χ0) is 10.4. The van der Waals surface area contributed by atoms with Gasteiger partial charge in [0.2, 0.25) is 0 Å². The van der Waals surface area contributed by atoms with Gasteiger partial charge in [0, 0.05) is 12.1 Å².